The minimum absolute atomic E-state index is 0.0943. The van der Waals surface area contributed by atoms with Crippen LogP contribution in [-0.4, -0.2) is 15.5 Å². The van der Waals surface area contributed by atoms with Crippen molar-refractivity contribution in [2.45, 2.75) is 4.90 Å². The van der Waals surface area contributed by atoms with E-state index >= 15 is 0 Å². The molecule has 0 spiro atoms. The van der Waals surface area contributed by atoms with E-state index in [1.807, 2.05) is 18.2 Å². The van der Waals surface area contributed by atoms with Crippen molar-refractivity contribution < 1.29 is 8.42 Å². The van der Waals surface area contributed by atoms with Crippen molar-refractivity contribution in [1.29, 1.82) is 0 Å². The lowest BCUT2D eigenvalue weighted by atomic mass is 10.2. The first-order valence-electron chi connectivity index (χ1n) is 5.88. The summed E-state index contributed by atoms with van der Waals surface area (Å²) >= 11 is 6.80. The number of benzene rings is 2. The maximum absolute atomic E-state index is 12.1. The molecule has 0 aliphatic rings. The molecule has 2 aromatic carbocycles. The highest BCUT2D eigenvalue weighted by Gasteiger charge is 2.17. The number of hydrogen-bond donors (Lipinski definition) is 3. The van der Waals surface area contributed by atoms with Gasteiger partial charge in [-0.15, -0.1) is 0 Å². The average Bonchev–Trinajstić information content (AvgIpc) is 2.44. The molecule has 0 aromatic heterocycles. The van der Waals surface area contributed by atoms with Gasteiger partial charge >= 0.3 is 0 Å². The second kappa shape index (κ2) is 6.35. The van der Waals surface area contributed by atoms with Crippen LogP contribution in [0.25, 0.3) is 0 Å². The summed E-state index contributed by atoms with van der Waals surface area (Å²) in [7, 11) is -2.26. The Kier molecular flexibility index (Phi) is 4.92. The molecule has 112 valence electrons. The number of rotatable bonds is 4. The predicted octanol–water partition coefficient (Wildman–Crippen LogP) is 3.45. The normalized spacial score (nSPS) is 11.4. The van der Waals surface area contributed by atoms with Gasteiger partial charge in [-0.3, -0.25) is 0 Å². The van der Waals surface area contributed by atoms with Crippen molar-refractivity contribution in [1.82, 2.24) is 4.72 Å². The highest BCUT2D eigenvalue weighted by molar-refractivity contribution is 9.11. The molecule has 0 amide bonds. The summed E-state index contributed by atoms with van der Waals surface area (Å²) in [4.78, 5) is 0.0943. The maximum Gasteiger partial charge on any atom is 0.242 e. The van der Waals surface area contributed by atoms with Gasteiger partial charge in [-0.05, 0) is 59.4 Å². The fourth-order valence-electron chi connectivity index (χ4n) is 1.71. The fourth-order valence-corrected chi connectivity index (χ4v) is 3.34. The molecule has 0 aliphatic carbocycles. The molecule has 0 radical (unpaired) electrons. The van der Waals surface area contributed by atoms with Crippen LogP contribution in [0.4, 0.5) is 17.1 Å². The first kappa shape index (κ1) is 16.3. The van der Waals surface area contributed by atoms with Crippen molar-refractivity contribution in [3.8, 4) is 0 Å². The van der Waals surface area contributed by atoms with Crippen molar-refractivity contribution in [3.05, 3.63) is 45.3 Å². The number of nitrogens with two attached hydrogens (primary N) is 1. The lowest BCUT2D eigenvalue weighted by Gasteiger charge is -2.14. The molecule has 0 fully saturated rings. The standard InChI is InChI=1S/C13H13Br2N3O2S/c1-17-21(19,20)13-7-9(16)3-5-11(13)18-12-6-8(14)2-4-10(12)15/h2-7,17-18H,16H2,1H3. The topological polar surface area (TPSA) is 84.2 Å². The number of sulfonamides is 1. The van der Waals surface area contributed by atoms with E-state index in [1.54, 1.807) is 12.1 Å². The third kappa shape index (κ3) is 3.76. The minimum atomic E-state index is -3.61. The monoisotopic (exact) mass is 433 g/mol. The van der Waals surface area contributed by atoms with Crippen LogP contribution < -0.4 is 15.8 Å². The van der Waals surface area contributed by atoms with E-state index in [4.69, 9.17) is 5.73 Å². The average molecular weight is 435 g/mol. The van der Waals surface area contributed by atoms with Crippen LogP contribution >= 0.6 is 31.9 Å². The second-order valence-corrected chi connectivity index (χ2v) is 7.84. The van der Waals surface area contributed by atoms with E-state index in [9.17, 15) is 8.42 Å². The number of hydrogen-bond acceptors (Lipinski definition) is 4. The van der Waals surface area contributed by atoms with Gasteiger partial charge in [-0.1, -0.05) is 15.9 Å². The van der Waals surface area contributed by atoms with Gasteiger partial charge < -0.3 is 11.1 Å². The van der Waals surface area contributed by atoms with Gasteiger partial charge in [0.2, 0.25) is 10.0 Å². The Bertz CT molecular complexity index is 779. The molecule has 0 heterocycles. The van der Waals surface area contributed by atoms with Crippen LogP contribution in [0.2, 0.25) is 0 Å². The quantitative estimate of drug-likeness (QED) is 0.643. The van der Waals surface area contributed by atoms with Gasteiger partial charge in [0.1, 0.15) is 4.90 Å². The summed E-state index contributed by atoms with van der Waals surface area (Å²) in [5.41, 5.74) is 7.25. The summed E-state index contributed by atoms with van der Waals surface area (Å²) in [5.74, 6) is 0. The largest absolute Gasteiger partial charge is 0.399 e. The number of nitrogen functional groups attached to an aromatic ring is 1. The van der Waals surface area contributed by atoms with Gasteiger partial charge in [-0.25, -0.2) is 13.1 Å². The number of halogens is 2. The second-order valence-electron chi connectivity index (χ2n) is 4.21. The molecule has 4 N–H and O–H groups in total. The van der Waals surface area contributed by atoms with Gasteiger partial charge in [0, 0.05) is 14.6 Å². The van der Waals surface area contributed by atoms with Crippen molar-refractivity contribution in [2.75, 3.05) is 18.1 Å². The van der Waals surface area contributed by atoms with Crippen molar-refractivity contribution >= 4 is 58.9 Å². The zero-order chi connectivity index (χ0) is 15.6. The molecule has 5 nitrogen and oxygen atoms in total. The van der Waals surface area contributed by atoms with Crippen LogP contribution in [-0.2, 0) is 10.0 Å². The summed E-state index contributed by atoms with van der Waals surface area (Å²) in [6.45, 7) is 0. The summed E-state index contributed by atoms with van der Waals surface area (Å²) in [5, 5.41) is 3.10. The zero-order valence-corrected chi connectivity index (χ0v) is 15.0. The van der Waals surface area contributed by atoms with Gasteiger partial charge in [0.15, 0.2) is 0 Å². The molecule has 8 heteroatoms. The Hall–Kier alpha value is -1.09. The Balaban J connectivity index is 2.52. The maximum atomic E-state index is 12.1. The van der Waals surface area contributed by atoms with E-state index in [-0.39, 0.29) is 4.90 Å². The third-order valence-electron chi connectivity index (χ3n) is 2.76. The SMILES string of the molecule is CNS(=O)(=O)c1cc(N)ccc1Nc1cc(Br)ccc1Br. The Morgan fingerprint density at radius 1 is 1.05 bits per heavy atom. The van der Waals surface area contributed by atoms with Gasteiger partial charge in [0.25, 0.3) is 0 Å². The molecule has 0 unspecified atom stereocenters. The first-order valence-corrected chi connectivity index (χ1v) is 8.95. The molecule has 0 aliphatic heterocycles. The minimum Gasteiger partial charge on any atom is -0.399 e. The van der Waals surface area contributed by atoms with Crippen LogP contribution in [0, 0.1) is 0 Å². The molecule has 21 heavy (non-hydrogen) atoms. The molecule has 2 aromatic rings. The predicted molar refractivity (Wildman–Crippen MR) is 92.2 cm³/mol. The Labute approximate surface area is 140 Å². The zero-order valence-electron chi connectivity index (χ0n) is 11.0. The molecule has 0 saturated heterocycles. The summed E-state index contributed by atoms with van der Waals surface area (Å²) in [6.07, 6.45) is 0. The van der Waals surface area contributed by atoms with E-state index in [1.165, 1.54) is 13.1 Å². The molecule has 0 atom stereocenters. The first-order chi connectivity index (χ1) is 9.83. The molecular weight excluding hydrogens is 422 g/mol. The summed E-state index contributed by atoms with van der Waals surface area (Å²) < 4.78 is 28.2. The fraction of sp³-hybridized carbons (Fsp3) is 0.0769. The van der Waals surface area contributed by atoms with Crippen LogP contribution in [0.1, 0.15) is 0 Å². The van der Waals surface area contributed by atoms with Crippen molar-refractivity contribution in [3.63, 3.8) is 0 Å². The molecule has 0 saturated carbocycles. The van der Waals surface area contributed by atoms with Crippen LogP contribution in [0.5, 0.6) is 0 Å². The Morgan fingerprint density at radius 3 is 2.43 bits per heavy atom. The lowest BCUT2D eigenvalue weighted by molar-refractivity contribution is 0.588. The smallest absolute Gasteiger partial charge is 0.242 e. The number of anilines is 3. The third-order valence-corrected chi connectivity index (χ3v) is 5.40. The molecule has 0 bridgehead atoms. The molecular formula is C13H13Br2N3O2S. The summed E-state index contributed by atoms with van der Waals surface area (Å²) in [6, 6.07) is 10.3. The highest BCUT2D eigenvalue weighted by atomic mass is 79.9. The van der Waals surface area contributed by atoms with E-state index < -0.39 is 10.0 Å². The lowest BCUT2D eigenvalue weighted by Crippen LogP contribution is -2.20. The van der Waals surface area contributed by atoms with Crippen LogP contribution in [0.3, 0.4) is 0 Å². The van der Waals surface area contributed by atoms with Crippen LogP contribution in [0.15, 0.2) is 50.2 Å². The highest BCUT2D eigenvalue weighted by Crippen LogP contribution is 2.32. The van der Waals surface area contributed by atoms with Gasteiger partial charge in [0.05, 0.1) is 11.4 Å². The van der Waals surface area contributed by atoms with E-state index in [2.05, 4.69) is 41.9 Å². The van der Waals surface area contributed by atoms with E-state index in [0.29, 0.717) is 11.4 Å². The van der Waals surface area contributed by atoms with Gasteiger partial charge in [-0.2, -0.15) is 0 Å². The molecule has 2 rings (SSSR count). The van der Waals surface area contributed by atoms with E-state index in [0.717, 1.165) is 14.6 Å². The van der Waals surface area contributed by atoms with Crippen molar-refractivity contribution in [2.24, 2.45) is 0 Å². The number of nitrogens with one attached hydrogen (secondary N) is 2. The Morgan fingerprint density at radius 2 is 1.76 bits per heavy atom.